The zero-order valence-electron chi connectivity index (χ0n) is 9.17. The van der Waals surface area contributed by atoms with Crippen molar-refractivity contribution in [2.75, 3.05) is 0 Å². The molecule has 0 aliphatic rings. The highest BCUT2D eigenvalue weighted by atomic mass is 16.5. The molecule has 0 fully saturated rings. The number of ether oxygens (including phenoxy) is 1. The van der Waals surface area contributed by atoms with Crippen molar-refractivity contribution in [3.8, 4) is 0 Å². The maximum absolute atomic E-state index is 5.75. The van der Waals surface area contributed by atoms with E-state index < -0.39 is 0 Å². The molecule has 80 valence electrons. The Morgan fingerprint density at radius 2 is 2.21 bits per heavy atom. The third kappa shape index (κ3) is 2.86. The minimum absolute atomic E-state index is 0.0802. The first kappa shape index (κ1) is 11.3. The van der Waals surface area contributed by atoms with Crippen LogP contribution in [0.15, 0.2) is 16.7 Å². The van der Waals surface area contributed by atoms with Gasteiger partial charge in [-0.3, -0.25) is 0 Å². The number of furan rings is 1. The Kier molecular flexibility index (Phi) is 3.72. The smallest absolute Gasteiger partial charge is 0.122 e. The summed E-state index contributed by atoms with van der Waals surface area (Å²) in [7, 11) is 0. The number of hydrogen-bond donors (Lipinski definition) is 1. The molecule has 1 aromatic heterocycles. The highest BCUT2D eigenvalue weighted by Gasteiger charge is 2.16. The molecule has 0 aliphatic heterocycles. The Balaban J connectivity index is 2.53. The van der Waals surface area contributed by atoms with Gasteiger partial charge in [0, 0.05) is 5.56 Å². The van der Waals surface area contributed by atoms with Crippen molar-refractivity contribution in [3.05, 3.63) is 23.7 Å². The average Bonchev–Trinajstić information content (AvgIpc) is 2.62. The molecule has 0 bridgehead atoms. The molecule has 3 nitrogen and oxygen atoms in total. The molecule has 0 amide bonds. The van der Waals surface area contributed by atoms with Gasteiger partial charge in [-0.25, -0.2) is 0 Å². The first-order chi connectivity index (χ1) is 6.59. The molecule has 0 saturated carbocycles. The van der Waals surface area contributed by atoms with Crippen LogP contribution >= 0.6 is 0 Å². The molecule has 3 heteroatoms. The van der Waals surface area contributed by atoms with E-state index in [-0.39, 0.29) is 5.60 Å². The van der Waals surface area contributed by atoms with Gasteiger partial charge in [-0.05, 0) is 26.3 Å². The Morgan fingerprint density at radius 1 is 1.50 bits per heavy atom. The summed E-state index contributed by atoms with van der Waals surface area (Å²) in [5, 5.41) is 0. The predicted octanol–water partition coefficient (Wildman–Crippen LogP) is 2.44. The molecule has 0 atom stereocenters. The highest BCUT2D eigenvalue weighted by molar-refractivity contribution is 5.15. The lowest BCUT2D eigenvalue weighted by Gasteiger charge is -2.23. The first-order valence-corrected chi connectivity index (χ1v) is 4.98. The molecule has 0 saturated heterocycles. The van der Waals surface area contributed by atoms with Crippen molar-refractivity contribution < 1.29 is 9.15 Å². The summed E-state index contributed by atoms with van der Waals surface area (Å²) >= 11 is 0. The second-order valence-corrected chi connectivity index (χ2v) is 3.98. The lowest BCUT2D eigenvalue weighted by atomic mass is 10.1. The van der Waals surface area contributed by atoms with E-state index in [4.69, 9.17) is 14.9 Å². The second-order valence-electron chi connectivity index (χ2n) is 3.98. The van der Waals surface area contributed by atoms with Crippen molar-refractivity contribution in [3.63, 3.8) is 0 Å². The van der Waals surface area contributed by atoms with Crippen LogP contribution in [0.2, 0.25) is 0 Å². The van der Waals surface area contributed by atoms with Gasteiger partial charge in [-0.1, -0.05) is 6.92 Å². The van der Waals surface area contributed by atoms with E-state index >= 15 is 0 Å². The molecular weight excluding hydrogens is 178 g/mol. The van der Waals surface area contributed by atoms with Gasteiger partial charge >= 0.3 is 0 Å². The Bertz CT molecular complexity index is 279. The van der Waals surface area contributed by atoms with E-state index in [1.165, 1.54) is 0 Å². The van der Waals surface area contributed by atoms with Gasteiger partial charge < -0.3 is 14.9 Å². The fraction of sp³-hybridized carbons (Fsp3) is 0.636. The third-order valence-electron chi connectivity index (χ3n) is 2.49. The molecule has 0 aromatic carbocycles. The molecule has 1 heterocycles. The monoisotopic (exact) mass is 197 g/mol. The molecule has 14 heavy (non-hydrogen) atoms. The van der Waals surface area contributed by atoms with Crippen molar-refractivity contribution in [1.29, 1.82) is 0 Å². The largest absolute Gasteiger partial charge is 0.468 e. The van der Waals surface area contributed by atoms with Crippen LogP contribution in [0.25, 0.3) is 0 Å². The van der Waals surface area contributed by atoms with E-state index in [2.05, 4.69) is 20.8 Å². The van der Waals surface area contributed by atoms with Crippen molar-refractivity contribution in [2.24, 2.45) is 5.73 Å². The fourth-order valence-electron chi connectivity index (χ4n) is 1.05. The van der Waals surface area contributed by atoms with Crippen LogP contribution in [0, 0.1) is 0 Å². The molecule has 0 spiro atoms. The van der Waals surface area contributed by atoms with Gasteiger partial charge in [-0.15, -0.1) is 0 Å². The van der Waals surface area contributed by atoms with Gasteiger partial charge in [0.2, 0.25) is 0 Å². The molecule has 0 aliphatic carbocycles. The van der Waals surface area contributed by atoms with Gasteiger partial charge in [0.05, 0.1) is 25.0 Å². The lowest BCUT2D eigenvalue weighted by molar-refractivity contribution is -0.0321. The first-order valence-electron chi connectivity index (χ1n) is 4.98. The van der Waals surface area contributed by atoms with Gasteiger partial charge in [0.15, 0.2) is 0 Å². The summed E-state index contributed by atoms with van der Waals surface area (Å²) in [6, 6.07) is 1.91. The van der Waals surface area contributed by atoms with Crippen LogP contribution in [-0.2, 0) is 17.9 Å². The molecule has 2 N–H and O–H groups in total. The SMILES string of the molecule is CCC(C)(C)OCc1ccoc1CN. The molecule has 1 aromatic rings. The Morgan fingerprint density at radius 3 is 2.79 bits per heavy atom. The highest BCUT2D eigenvalue weighted by Crippen LogP contribution is 2.18. The van der Waals surface area contributed by atoms with Gasteiger partial charge in [-0.2, -0.15) is 0 Å². The Hall–Kier alpha value is -0.800. The summed E-state index contributed by atoms with van der Waals surface area (Å²) in [4.78, 5) is 0. The summed E-state index contributed by atoms with van der Waals surface area (Å²) in [6.45, 7) is 7.27. The minimum atomic E-state index is -0.0802. The minimum Gasteiger partial charge on any atom is -0.468 e. The summed E-state index contributed by atoms with van der Waals surface area (Å²) in [5.74, 6) is 0.817. The molecule has 0 radical (unpaired) electrons. The van der Waals surface area contributed by atoms with Crippen LogP contribution in [-0.4, -0.2) is 5.60 Å². The zero-order valence-corrected chi connectivity index (χ0v) is 9.17. The maximum Gasteiger partial charge on any atom is 0.122 e. The average molecular weight is 197 g/mol. The van der Waals surface area contributed by atoms with Crippen molar-refractivity contribution in [2.45, 2.75) is 45.9 Å². The van der Waals surface area contributed by atoms with E-state index in [1.807, 2.05) is 6.07 Å². The van der Waals surface area contributed by atoms with E-state index in [1.54, 1.807) is 6.26 Å². The predicted molar refractivity (Wildman–Crippen MR) is 55.8 cm³/mol. The second kappa shape index (κ2) is 4.62. The van der Waals surface area contributed by atoms with Crippen LogP contribution in [0.5, 0.6) is 0 Å². The van der Waals surface area contributed by atoms with Crippen LogP contribution in [0.1, 0.15) is 38.5 Å². The third-order valence-corrected chi connectivity index (χ3v) is 2.49. The van der Waals surface area contributed by atoms with E-state index in [0.29, 0.717) is 13.2 Å². The molecule has 0 unspecified atom stereocenters. The van der Waals surface area contributed by atoms with Crippen molar-refractivity contribution >= 4 is 0 Å². The van der Waals surface area contributed by atoms with Crippen LogP contribution in [0.4, 0.5) is 0 Å². The maximum atomic E-state index is 5.75. The van der Waals surface area contributed by atoms with Crippen molar-refractivity contribution in [1.82, 2.24) is 0 Å². The zero-order chi connectivity index (χ0) is 10.6. The lowest BCUT2D eigenvalue weighted by Crippen LogP contribution is -2.22. The molecule has 1 rings (SSSR count). The number of hydrogen-bond acceptors (Lipinski definition) is 3. The number of nitrogens with two attached hydrogens (primary N) is 1. The van der Waals surface area contributed by atoms with Gasteiger partial charge in [0.1, 0.15) is 5.76 Å². The molecular formula is C11H19NO2. The van der Waals surface area contributed by atoms with Crippen LogP contribution in [0.3, 0.4) is 0 Å². The quantitative estimate of drug-likeness (QED) is 0.788. The van der Waals surface area contributed by atoms with Gasteiger partial charge in [0.25, 0.3) is 0 Å². The summed E-state index contributed by atoms with van der Waals surface area (Å²) in [6.07, 6.45) is 2.64. The van der Waals surface area contributed by atoms with E-state index in [0.717, 1.165) is 17.7 Å². The summed E-state index contributed by atoms with van der Waals surface area (Å²) in [5.41, 5.74) is 6.49. The van der Waals surface area contributed by atoms with E-state index in [9.17, 15) is 0 Å². The standard InChI is InChI=1S/C11H19NO2/c1-4-11(2,3)14-8-9-5-6-13-10(9)7-12/h5-6H,4,7-8,12H2,1-3H3. The topological polar surface area (TPSA) is 48.4 Å². The summed E-state index contributed by atoms with van der Waals surface area (Å²) < 4.78 is 11.0. The normalized spacial score (nSPS) is 12.0. The fourth-order valence-corrected chi connectivity index (χ4v) is 1.05. The van der Waals surface area contributed by atoms with Crippen LogP contribution < -0.4 is 5.73 Å². The number of rotatable bonds is 5. The Labute approximate surface area is 85.2 Å².